The van der Waals surface area contributed by atoms with E-state index < -0.39 is 10.0 Å². The third-order valence-corrected chi connectivity index (χ3v) is 6.16. The normalized spacial score (nSPS) is 25.6. The maximum Gasteiger partial charge on any atom is 0.248 e. The van der Waals surface area contributed by atoms with Gasteiger partial charge in [0.1, 0.15) is 4.90 Å². The van der Waals surface area contributed by atoms with Gasteiger partial charge in [0.15, 0.2) is 5.82 Å². The number of thioether (sulfide) groups is 1. The fourth-order valence-electron chi connectivity index (χ4n) is 2.24. The maximum atomic E-state index is 12.6. The summed E-state index contributed by atoms with van der Waals surface area (Å²) in [5, 5.41) is 4.60. The van der Waals surface area contributed by atoms with Crippen molar-refractivity contribution in [2.75, 3.05) is 18.8 Å². The fourth-order valence-corrected chi connectivity index (χ4v) is 5.44. The third kappa shape index (κ3) is 2.90. The van der Waals surface area contributed by atoms with Crippen LogP contribution in [0.1, 0.15) is 20.8 Å². The first-order valence-corrected chi connectivity index (χ1v) is 8.71. The van der Waals surface area contributed by atoms with Crippen molar-refractivity contribution in [3.05, 3.63) is 6.20 Å². The van der Waals surface area contributed by atoms with Gasteiger partial charge in [-0.05, 0) is 6.92 Å². The van der Waals surface area contributed by atoms with Gasteiger partial charge in [0.05, 0.1) is 0 Å². The Morgan fingerprint density at radius 3 is 2.47 bits per heavy atom. The smallest absolute Gasteiger partial charge is 0.248 e. The van der Waals surface area contributed by atoms with Crippen molar-refractivity contribution in [3.8, 4) is 0 Å². The van der Waals surface area contributed by atoms with Crippen LogP contribution in [-0.2, 0) is 16.6 Å². The summed E-state index contributed by atoms with van der Waals surface area (Å²) in [6.45, 7) is 7.62. The van der Waals surface area contributed by atoms with Crippen molar-refractivity contribution in [2.24, 2.45) is 0 Å². The van der Waals surface area contributed by atoms with Crippen LogP contribution in [0.15, 0.2) is 11.1 Å². The Bertz CT molecular complexity index is 545. The first kappa shape index (κ1) is 14.7. The van der Waals surface area contributed by atoms with Gasteiger partial charge in [-0.25, -0.2) is 8.42 Å². The number of aryl methyl sites for hydroxylation is 1. The number of nitrogens with zero attached hydrogens (tertiary/aromatic N) is 3. The third-order valence-electron chi connectivity index (χ3n) is 3.08. The predicted molar refractivity (Wildman–Crippen MR) is 77.6 cm³/mol. The van der Waals surface area contributed by atoms with Gasteiger partial charge >= 0.3 is 0 Å². The molecule has 2 N–H and O–H groups in total. The van der Waals surface area contributed by atoms with E-state index in [4.69, 9.17) is 5.73 Å². The number of sulfonamides is 1. The van der Waals surface area contributed by atoms with Crippen molar-refractivity contribution in [3.63, 3.8) is 0 Å². The molecule has 1 fully saturated rings. The monoisotopic (exact) mass is 304 g/mol. The first-order chi connectivity index (χ1) is 8.84. The van der Waals surface area contributed by atoms with E-state index in [0.717, 1.165) is 0 Å². The molecule has 0 radical (unpaired) electrons. The van der Waals surface area contributed by atoms with Crippen LogP contribution in [-0.4, -0.2) is 46.1 Å². The molecule has 1 aromatic rings. The summed E-state index contributed by atoms with van der Waals surface area (Å²) >= 11 is 1.81. The number of anilines is 1. The van der Waals surface area contributed by atoms with E-state index in [2.05, 4.69) is 5.10 Å². The topological polar surface area (TPSA) is 81.2 Å². The lowest BCUT2D eigenvalue weighted by atomic mass is 10.4. The van der Waals surface area contributed by atoms with Crippen LogP contribution in [0.3, 0.4) is 0 Å². The summed E-state index contributed by atoms with van der Waals surface area (Å²) in [6, 6.07) is 0. The molecule has 0 bridgehead atoms. The Morgan fingerprint density at radius 1 is 1.42 bits per heavy atom. The minimum absolute atomic E-state index is 0.0837. The second-order valence-corrected chi connectivity index (χ2v) is 8.60. The molecule has 19 heavy (non-hydrogen) atoms. The molecule has 0 aliphatic carbocycles. The van der Waals surface area contributed by atoms with Crippen molar-refractivity contribution < 1.29 is 8.42 Å². The van der Waals surface area contributed by atoms with Gasteiger partial charge in [0.25, 0.3) is 0 Å². The highest BCUT2D eigenvalue weighted by atomic mass is 32.2. The number of rotatable bonds is 3. The molecular formula is C11H20N4O2S2. The maximum absolute atomic E-state index is 12.6. The summed E-state index contributed by atoms with van der Waals surface area (Å²) in [5.41, 5.74) is 5.74. The quantitative estimate of drug-likeness (QED) is 0.901. The lowest BCUT2D eigenvalue weighted by Gasteiger charge is -2.33. The van der Waals surface area contributed by atoms with Gasteiger partial charge in [-0.1, -0.05) is 13.8 Å². The molecule has 108 valence electrons. The van der Waals surface area contributed by atoms with E-state index >= 15 is 0 Å². The first-order valence-electron chi connectivity index (χ1n) is 6.33. The molecule has 1 saturated heterocycles. The highest BCUT2D eigenvalue weighted by Gasteiger charge is 2.34. The highest BCUT2D eigenvalue weighted by molar-refractivity contribution is 8.00. The number of nitrogens with two attached hydrogens (primary N) is 1. The SMILES string of the molecule is CCn1cc(S(=O)(=O)N2CC(C)SC(C)C2)c(N)n1. The molecule has 0 aromatic carbocycles. The van der Waals surface area contributed by atoms with Crippen molar-refractivity contribution in [1.82, 2.24) is 14.1 Å². The molecule has 0 saturated carbocycles. The van der Waals surface area contributed by atoms with Crippen LogP contribution in [0.4, 0.5) is 5.82 Å². The molecule has 2 rings (SSSR count). The Kier molecular flexibility index (Phi) is 4.12. The molecule has 8 heteroatoms. The minimum atomic E-state index is -3.54. The summed E-state index contributed by atoms with van der Waals surface area (Å²) in [6.07, 6.45) is 1.52. The van der Waals surface area contributed by atoms with Crippen LogP contribution in [0.25, 0.3) is 0 Å². The average molecular weight is 304 g/mol. The number of aromatic nitrogens is 2. The number of hydrogen-bond donors (Lipinski definition) is 1. The molecule has 0 amide bonds. The molecule has 2 atom stereocenters. The molecule has 6 nitrogen and oxygen atoms in total. The molecule has 2 heterocycles. The van der Waals surface area contributed by atoms with Gasteiger partial charge in [-0.2, -0.15) is 21.2 Å². The molecule has 1 aromatic heterocycles. The predicted octanol–water partition coefficient (Wildman–Crippen LogP) is 1.000. The Labute approximate surface area is 118 Å². The standard InChI is InChI=1S/C11H20N4O2S2/c1-4-14-7-10(11(12)13-14)19(16,17)15-5-8(2)18-9(3)6-15/h7-9H,4-6H2,1-3H3,(H2,12,13). The molecule has 2 unspecified atom stereocenters. The summed E-state index contributed by atoms with van der Waals surface area (Å²) in [4.78, 5) is 0.126. The number of nitrogen functional groups attached to an aromatic ring is 1. The van der Waals surface area contributed by atoms with Crippen molar-refractivity contribution >= 4 is 27.6 Å². The van der Waals surface area contributed by atoms with E-state index in [0.29, 0.717) is 30.1 Å². The van der Waals surface area contributed by atoms with Gasteiger partial charge in [0, 0.05) is 36.3 Å². The van der Waals surface area contributed by atoms with Crippen LogP contribution in [0.2, 0.25) is 0 Å². The van der Waals surface area contributed by atoms with Crippen LogP contribution < -0.4 is 5.73 Å². The minimum Gasteiger partial charge on any atom is -0.381 e. The zero-order valence-electron chi connectivity index (χ0n) is 11.4. The molecule has 1 aliphatic heterocycles. The van der Waals surface area contributed by atoms with Crippen LogP contribution in [0, 0.1) is 0 Å². The zero-order valence-corrected chi connectivity index (χ0v) is 13.0. The molecule has 0 spiro atoms. The zero-order chi connectivity index (χ0) is 14.2. The summed E-state index contributed by atoms with van der Waals surface area (Å²) in [7, 11) is -3.54. The molecule has 1 aliphatic rings. The second kappa shape index (κ2) is 5.34. The van der Waals surface area contributed by atoms with Crippen LogP contribution in [0.5, 0.6) is 0 Å². The summed E-state index contributed by atoms with van der Waals surface area (Å²) in [5.74, 6) is 0.0837. The van der Waals surface area contributed by atoms with E-state index in [-0.39, 0.29) is 10.7 Å². The Hall–Kier alpha value is -0.730. The van der Waals surface area contributed by atoms with E-state index in [9.17, 15) is 8.42 Å². The van der Waals surface area contributed by atoms with Gasteiger partial charge in [0.2, 0.25) is 10.0 Å². The lowest BCUT2D eigenvalue weighted by Crippen LogP contribution is -2.44. The fraction of sp³-hybridized carbons (Fsp3) is 0.727. The lowest BCUT2D eigenvalue weighted by molar-refractivity contribution is 0.405. The van der Waals surface area contributed by atoms with Crippen LogP contribution >= 0.6 is 11.8 Å². The average Bonchev–Trinajstić information content (AvgIpc) is 2.70. The summed E-state index contributed by atoms with van der Waals surface area (Å²) < 4.78 is 28.3. The van der Waals surface area contributed by atoms with Crippen molar-refractivity contribution in [2.45, 2.75) is 42.7 Å². The van der Waals surface area contributed by atoms with E-state index in [1.54, 1.807) is 4.68 Å². The highest BCUT2D eigenvalue weighted by Crippen LogP contribution is 2.30. The molecular weight excluding hydrogens is 284 g/mol. The van der Waals surface area contributed by atoms with E-state index in [1.807, 2.05) is 32.5 Å². The van der Waals surface area contributed by atoms with Gasteiger partial charge < -0.3 is 5.73 Å². The van der Waals surface area contributed by atoms with Crippen molar-refractivity contribution in [1.29, 1.82) is 0 Å². The Morgan fingerprint density at radius 2 is 2.00 bits per heavy atom. The van der Waals surface area contributed by atoms with E-state index in [1.165, 1.54) is 10.5 Å². The van der Waals surface area contributed by atoms with Gasteiger partial charge in [-0.15, -0.1) is 0 Å². The Balaban J connectivity index is 2.33. The largest absolute Gasteiger partial charge is 0.381 e. The van der Waals surface area contributed by atoms with Gasteiger partial charge in [-0.3, -0.25) is 4.68 Å². The number of hydrogen-bond acceptors (Lipinski definition) is 5. The second-order valence-electron chi connectivity index (χ2n) is 4.81.